The van der Waals surface area contributed by atoms with E-state index in [0.717, 1.165) is 26.1 Å². The lowest BCUT2D eigenvalue weighted by Gasteiger charge is -2.25. The largest absolute Gasteiger partial charge is 0.448 e. The minimum atomic E-state index is -0.127. The van der Waals surface area contributed by atoms with E-state index in [9.17, 15) is 4.79 Å². The van der Waals surface area contributed by atoms with Gasteiger partial charge in [0.1, 0.15) is 6.61 Å². The molecule has 2 aliphatic rings. The molecule has 0 aromatic rings. The lowest BCUT2D eigenvalue weighted by Crippen LogP contribution is -2.32. The molecule has 0 atom stereocenters. The molecule has 0 spiro atoms. The van der Waals surface area contributed by atoms with Crippen molar-refractivity contribution in [2.75, 3.05) is 39.3 Å². The summed E-state index contributed by atoms with van der Waals surface area (Å²) in [6.45, 7) is 5.81. The smallest absolute Gasteiger partial charge is 0.409 e. The molecule has 0 saturated carbocycles. The molecule has 0 bridgehead atoms. The maximum absolute atomic E-state index is 11.2. The van der Waals surface area contributed by atoms with Crippen LogP contribution in [0.25, 0.3) is 0 Å². The summed E-state index contributed by atoms with van der Waals surface area (Å²) in [6.07, 6.45) is 7.81. The van der Waals surface area contributed by atoms with Crippen molar-refractivity contribution in [3.8, 4) is 0 Å². The maximum atomic E-state index is 11.2. The summed E-state index contributed by atoms with van der Waals surface area (Å²) in [7, 11) is 0. The third-order valence-electron chi connectivity index (χ3n) is 3.70. The van der Waals surface area contributed by atoms with Crippen molar-refractivity contribution in [2.45, 2.75) is 38.5 Å². The summed E-state index contributed by atoms with van der Waals surface area (Å²) in [6, 6.07) is 0. The quantitative estimate of drug-likeness (QED) is 0.754. The van der Waals surface area contributed by atoms with Crippen LogP contribution in [0, 0.1) is 0 Å². The molecule has 1 amide bonds. The molecule has 2 rings (SSSR count). The van der Waals surface area contributed by atoms with Gasteiger partial charge in [-0.05, 0) is 38.9 Å². The SMILES string of the molecule is O=C1OCCN1CCCN1CCCCCCC1. The fourth-order valence-electron chi connectivity index (χ4n) is 2.65. The molecule has 0 radical (unpaired) electrons. The minimum absolute atomic E-state index is 0.127. The Morgan fingerprint density at radius 2 is 1.65 bits per heavy atom. The lowest BCUT2D eigenvalue weighted by atomic mass is 10.1. The number of hydrogen-bond donors (Lipinski definition) is 0. The van der Waals surface area contributed by atoms with Gasteiger partial charge in [0.25, 0.3) is 0 Å². The molecule has 2 fully saturated rings. The van der Waals surface area contributed by atoms with Crippen LogP contribution in [-0.4, -0.2) is 55.2 Å². The summed E-state index contributed by atoms with van der Waals surface area (Å²) in [5.41, 5.74) is 0. The van der Waals surface area contributed by atoms with Gasteiger partial charge in [0, 0.05) is 6.54 Å². The second-order valence-electron chi connectivity index (χ2n) is 5.06. The third kappa shape index (κ3) is 4.19. The molecular weight excluding hydrogens is 216 g/mol. The fraction of sp³-hybridized carbons (Fsp3) is 0.923. The molecule has 4 heteroatoms. The van der Waals surface area contributed by atoms with Crippen LogP contribution < -0.4 is 0 Å². The number of carbonyl (C=O) groups is 1. The van der Waals surface area contributed by atoms with E-state index in [2.05, 4.69) is 4.90 Å². The Bertz CT molecular complexity index is 238. The van der Waals surface area contributed by atoms with Crippen LogP contribution in [0.1, 0.15) is 38.5 Å². The van der Waals surface area contributed by atoms with Crippen LogP contribution in [0.4, 0.5) is 4.79 Å². The highest BCUT2D eigenvalue weighted by molar-refractivity contribution is 5.69. The van der Waals surface area contributed by atoms with Crippen LogP contribution >= 0.6 is 0 Å². The Kier molecular flexibility index (Phi) is 5.10. The Balaban J connectivity index is 1.61. The van der Waals surface area contributed by atoms with Gasteiger partial charge in [0.2, 0.25) is 0 Å². The number of ether oxygens (including phenoxy) is 1. The van der Waals surface area contributed by atoms with Crippen molar-refractivity contribution >= 4 is 6.09 Å². The monoisotopic (exact) mass is 240 g/mol. The number of cyclic esters (lactones) is 1. The second kappa shape index (κ2) is 6.84. The van der Waals surface area contributed by atoms with E-state index in [0.29, 0.717) is 6.61 Å². The molecule has 0 unspecified atom stereocenters. The second-order valence-corrected chi connectivity index (χ2v) is 5.06. The van der Waals surface area contributed by atoms with E-state index in [1.807, 2.05) is 4.90 Å². The summed E-state index contributed by atoms with van der Waals surface area (Å²) in [4.78, 5) is 15.6. The van der Waals surface area contributed by atoms with Crippen molar-refractivity contribution in [1.82, 2.24) is 9.80 Å². The number of likely N-dealkylation sites (tertiary alicyclic amines) is 1. The van der Waals surface area contributed by atoms with Gasteiger partial charge in [0.15, 0.2) is 0 Å². The number of carbonyl (C=O) groups excluding carboxylic acids is 1. The number of amides is 1. The minimum Gasteiger partial charge on any atom is -0.448 e. The topological polar surface area (TPSA) is 32.8 Å². The van der Waals surface area contributed by atoms with E-state index < -0.39 is 0 Å². The molecule has 0 aromatic carbocycles. The van der Waals surface area contributed by atoms with Gasteiger partial charge >= 0.3 is 6.09 Å². The van der Waals surface area contributed by atoms with Crippen molar-refractivity contribution in [1.29, 1.82) is 0 Å². The van der Waals surface area contributed by atoms with Gasteiger partial charge in [-0.1, -0.05) is 19.3 Å². The van der Waals surface area contributed by atoms with E-state index in [-0.39, 0.29) is 6.09 Å². The number of nitrogens with zero attached hydrogens (tertiary/aromatic N) is 2. The predicted octanol–water partition coefficient (Wildman–Crippen LogP) is 2.09. The van der Waals surface area contributed by atoms with Crippen molar-refractivity contribution in [3.63, 3.8) is 0 Å². The fourth-order valence-corrected chi connectivity index (χ4v) is 2.65. The number of rotatable bonds is 4. The zero-order valence-electron chi connectivity index (χ0n) is 10.7. The normalized spacial score (nSPS) is 23.3. The first-order valence-electron chi connectivity index (χ1n) is 7.00. The predicted molar refractivity (Wildman–Crippen MR) is 67.1 cm³/mol. The van der Waals surface area contributed by atoms with Gasteiger partial charge in [-0.3, -0.25) is 0 Å². The lowest BCUT2D eigenvalue weighted by molar-refractivity contribution is 0.156. The van der Waals surface area contributed by atoms with Crippen molar-refractivity contribution < 1.29 is 9.53 Å². The van der Waals surface area contributed by atoms with Crippen molar-refractivity contribution in [2.24, 2.45) is 0 Å². The highest BCUT2D eigenvalue weighted by Crippen LogP contribution is 2.11. The first kappa shape index (κ1) is 12.7. The summed E-state index contributed by atoms with van der Waals surface area (Å²) >= 11 is 0. The molecule has 98 valence electrons. The van der Waals surface area contributed by atoms with Crippen molar-refractivity contribution in [3.05, 3.63) is 0 Å². The number of hydrogen-bond acceptors (Lipinski definition) is 3. The Labute approximate surface area is 104 Å². The first-order valence-corrected chi connectivity index (χ1v) is 7.00. The molecule has 2 saturated heterocycles. The van der Waals surface area contributed by atoms with E-state index in [4.69, 9.17) is 4.74 Å². The van der Waals surface area contributed by atoms with E-state index in [1.165, 1.54) is 45.2 Å². The Morgan fingerprint density at radius 3 is 2.29 bits per heavy atom. The van der Waals surface area contributed by atoms with Crippen LogP contribution in [-0.2, 0) is 4.74 Å². The standard InChI is InChI=1S/C13H24N2O2/c16-13-15(11-12-17-13)10-6-9-14-7-4-2-1-3-5-8-14/h1-12H2. The van der Waals surface area contributed by atoms with E-state index >= 15 is 0 Å². The van der Waals surface area contributed by atoms with E-state index in [1.54, 1.807) is 0 Å². The van der Waals surface area contributed by atoms with Gasteiger partial charge in [-0.25, -0.2) is 4.79 Å². The summed E-state index contributed by atoms with van der Waals surface area (Å²) < 4.78 is 4.92. The third-order valence-corrected chi connectivity index (χ3v) is 3.70. The molecule has 0 N–H and O–H groups in total. The summed E-state index contributed by atoms with van der Waals surface area (Å²) in [5, 5.41) is 0. The highest BCUT2D eigenvalue weighted by atomic mass is 16.6. The van der Waals surface area contributed by atoms with Crippen LogP contribution in [0.3, 0.4) is 0 Å². The first-order chi connectivity index (χ1) is 8.36. The molecular formula is C13H24N2O2. The zero-order valence-corrected chi connectivity index (χ0v) is 10.7. The molecule has 0 aromatic heterocycles. The van der Waals surface area contributed by atoms with Gasteiger partial charge in [-0.15, -0.1) is 0 Å². The average Bonchev–Trinajstić information content (AvgIpc) is 2.67. The molecule has 2 aliphatic heterocycles. The van der Waals surface area contributed by atoms with Gasteiger partial charge in [0.05, 0.1) is 6.54 Å². The maximum Gasteiger partial charge on any atom is 0.409 e. The Hall–Kier alpha value is -0.770. The molecule has 4 nitrogen and oxygen atoms in total. The zero-order chi connectivity index (χ0) is 11.9. The van der Waals surface area contributed by atoms with Crippen LogP contribution in [0.15, 0.2) is 0 Å². The summed E-state index contributed by atoms with van der Waals surface area (Å²) in [5.74, 6) is 0. The van der Waals surface area contributed by atoms with Gasteiger partial charge < -0.3 is 14.5 Å². The molecule has 0 aliphatic carbocycles. The van der Waals surface area contributed by atoms with Gasteiger partial charge in [-0.2, -0.15) is 0 Å². The highest BCUT2D eigenvalue weighted by Gasteiger charge is 2.21. The van der Waals surface area contributed by atoms with Crippen LogP contribution in [0.2, 0.25) is 0 Å². The van der Waals surface area contributed by atoms with Crippen LogP contribution in [0.5, 0.6) is 0 Å². The molecule has 2 heterocycles. The molecule has 17 heavy (non-hydrogen) atoms. The average molecular weight is 240 g/mol. The Morgan fingerprint density at radius 1 is 0.941 bits per heavy atom.